The summed E-state index contributed by atoms with van der Waals surface area (Å²) in [6, 6.07) is 8.33. The lowest BCUT2D eigenvalue weighted by atomic mass is 10.2. The minimum atomic E-state index is 0.0858. The Morgan fingerprint density at radius 1 is 1.35 bits per heavy atom. The second-order valence-corrected chi connectivity index (χ2v) is 6.07. The first-order valence-corrected chi connectivity index (χ1v) is 7.93. The summed E-state index contributed by atoms with van der Waals surface area (Å²) < 4.78 is 6.35. The number of aromatic nitrogens is 2. The minimum absolute atomic E-state index is 0.0858. The van der Waals surface area contributed by atoms with Crippen LogP contribution in [-0.2, 0) is 0 Å². The standard InChI is InChI=1S/C14H16BrN3OS/c1-16-12(13-14(19-2)18-7-6-17-13)9-20-11-5-3-4-10(15)8-11/h3-8,12,16H,9H2,1-2H3. The van der Waals surface area contributed by atoms with Crippen LogP contribution in [0.2, 0.25) is 0 Å². The van der Waals surface area contributed by atoms with Gasteiger partial charge in [0.15, 0.2) is 0 Å². The van der Waals surface area contributed by atoms with E-state index < -0.39 is 0 Å². The van der Waals surface area contributed by atoms with E-state index in [0.29, 0.717) is 5.88 Å². The molecule has 0 aliphatic heterocycles. The Bertz CT molecular complexity index is 568. The first kappa shape index (κ1) is 15.3. The molecule has 1 atom stereocenters. The zero-order chi connectivity index (χ0) is 14.4. The zero-order valence-corrected chi connectivity index (χ0v) is 13.7. The van der Waals surface area contributed by atoms with E-state index in [1.807, 2.05) is 19.2 Å². The Kier molecular flexibility index (Phi) is 5.82. The van der Waals surface area contributed by atoms with Crippen molar-refractivity contribution in [2.45, 2.75) is 10.9 Å². The Morgan fingerprint density at radius 3 is 2.85 bits per heavy atom. The fourth-order valence-corrected chi connectivity index (χ4v) is 3.39. The fraction of sp³-hybridized carbons (Fsp3) is 0.286. The average Bonchev–Trinajstić information content (AvgIpc) is 2.48. The van der Waals surface area contributed by atoms with Crippen LogP contribution in [-0.4, -0.2) is 29.9 Å². The summed E-state index contributed by atoms with van der Waals surface area (Å²) in [7, 11) is 3.53. The number of hydrogen-bond acceptors (Lipinski definition) is 5. The van der Waals surface area contributed by atoms with Crippen LogP contribution < -0.4 is 10.1 Å². The van der Waals surface area contributed by atoms with Gasteiger partial charge in [0.05, 0.1) is 13.2 Å². The van der Waals surface area contributed by atoms with Gasteiger partial charge in [-0.2, -0.15) is 0 Å². The highest BCUT2D eigenvalue weighted by atomic mass is 79.9. The number of methoxy groups -OCH3 is 1. The molecule has 0 aliphatic carbocycles. The van der Waals surface area contributed by atoms with Gasteiger partial charge in [-0.1, -0.05) is 22.0 Å². The van der Waals surface area contributed by atoms with Gasteiger partial charge >= 0.3 is 0 Å². The minimum Gasteiger partial charge on any atom is -0.480 e. The number of nitrogens with zero attached hydrogens (tertiary/aromatic N) is 2. The van der Waals surface area contributed by atoms with Crippen LogP contribution in [0.25, 0.3) is 0 Å². The maximum atomic E-state index is 5.27. The molecule has 20 heavy (non-hydrogen) atoms. The largest absolute Gasteiger partial charge is 0.480 e. The van der Waals surface area contributed by atoms with E-state index in [-0.39, 0.29) is 6.04 Å². The summed E-state index contributed by atoms with van der Waals surface area (Å²) in [5.74, 6) is 1.42. The van der Waals surface area contributed by atoms with E-state index in [1.54, 1.807) is 31.3 Å². The second kappa shape index (κ2) is 7.61. The van der Waals surface area contributed by atoms with Gasteiger partial charge in [0.25, 0.3) is 0 Å². The molecule has 0 saturated carbocycles. The maximum absolute atomic E-state index is 5.27. The van der Waals surface area contributed by atoms with Crippen molar-refractivity contribution in [2.75, 3.05) is 19.9 Å². The number of rotatable bonds is 6. The molecule has 1 N–H and O–H groups in total. The molecular formula is C14H16BrN3OS. The number of halogens is 1. The van der Waals surface area contributed by atoms with Gasteiger partial charge in [-0.15, -0.1) is 11.8 Å². The van der Waals surface area contributed by atoms with Crippen molar-refractivity contribution in [1.29, 1.82) is 0 Å². The molecule has 0 radical (unpaired) electrons. The molecule has 106 valence electrons. The number of hydrogen-bond donors (Lipinski definition) is 1. The molecule has 0 saturated heterocycles. The summed E-state index contributed by atoms with van der Waals surface area (Å²) in [5, 5.41) is 3.26. The molecule has 4 nitrogen and oxygen atoms in total. The van der Waals surface area contributed by atoms with E-state index >= 15 is 0 Å². The van der Waals surface area contributed by atoms with Gasteiger partial charge in [-0.25, -0.2) is 4.98 Å². The zero-order valence-electron chi connectivity index (χ0n) is 11.3. The Labute approximate surface area is 131 Å². The SMILES string of the molecule is CNC(CSc1cccc(Br)c1)c1nccnc1OC. The van der Waals surface area contributed by atoms with E-state index in [1.165, 1.54) is 4.90 Å². The van der Waals surface area contributed by atoms with Crippen molar-refractivity contribution in [2.24, 2.45) is 0 Å². The highest BCUT2D eigenvalue weighted by Crippen LogP contribution is 2.28. The van der Waals surface area contributed by atoms with Crippen LogP contribution in [0.15, 0.2) is 46.0 Å². The van der Waals surface area contributed by atoms with Crippen LogP contribution in [0, 0.1) is 0 Å². The van der Waals surface area contributed by atoms with Crippen molar-refractivity contribution < 1.29 is 4.74 Å². The fourth-order valence-electron chi connectivity index (χ4n) is 1.77. The van der Waals surface area contributed by atoms with E-state index in [2.05, 4.69) is 43.3 Å². The highest BCUT2D eigenvalue weighted by Gasteiger charge is 2.17. The lowest BCUT2D eigenvalue weighted by Gasteiger charge is -2.17. The number of ether oxygens (including phenoxy) is 1. The van der Waals surface area contributed by atoms with Crippen LogP contribution >= 0.6 is 27.7 Å². The molecule has 2 rings (SSSR count). The van der Waals surface area contributed by atoms with Crippen LogP contribution in [0.5, 0.6) is 5.88 Å². The molecule has 0 aliphatic rings. The van der Waals surface area contributed by atoms with Crippen LogP contribution in [0.3, 0.4) is 0 Å². The third-order valence-electron chi connectivity index (χ3n) is 2.78. The third-order valence-corrected chi connectivity index (χ3v) is 4.36. The first-order chi connectivity index (χ1) is 9.74. The van der Waals surface area contributed by atoms with E-state index in [0.717, 1.165) is 15.9 Å². The number of nitrogens with one attached hydrogen (secondary N) is 1. The molecular weight excluding hydrogens is 338 g/mol. The van der Waals surface area contributed by atoms with E-state index in [4.69, 9.17) is 4.74 Å². The third kappa shape index (κ3) is 3.94. The quantitative estimate of drug-likeness (QED) is 0.807. The first-order valence-electron chi connectivity index (χ1n) is 6.15. The Morgan fingerprint density at radius 2 is 2.15 bits per heavy atom. The topological polar surface area (TPSA) is 47.0 Å². The molecule has 1 aromatic carbocycles. The highest BCUT2D eigenvalue weighted by molar-refractivity contribution is 9.10. The van der Waals surface area contributed by atoms with Crippen molar-refractivity contribution in [3.05, 3.63) is 46.8 Å². The number of benzene rings is 1. The summed E-state index contributed by atoms with van der Waals surface area (Å²) in [5.41, 5.74) is 0.833. The lowest BCUT2D eigenvalue weighted by molar-refractivity contribution is 0.383. The van der Waals surface area contributed by atoms with Crippen molar-refractivity contribution >= 4 is 27.7 Å². The van der Waals surface area contributed by atoms with Crippen molar-refractivity contribution in [3.63, 3.8) is 0 Å². The van der Waals surface area contributed by atoms with Gasteiger partial charge < -0.3 is 10.1 Å². The Balaban J connectivity index is 2.09. The van der Waals surface area contributed by atoms with Crippen LogP contribution in [0.1, 0.15) is 11.7 Å². The van der Waals surface area contributed by atoms with Gasteiger partial charge in [0.1, 0.15) is 5.69 Å². The molecule has 0 bridgehead atoms. The van der Waals surface area contributed by atoms with Crippen LogP contribution in [0.4, 0.5) is 0 Å². The van der Waals surface area contributed by atoms with Gasteiger partial charge in [0, 0.05) is 27.5 Å². The summed E-state index contributed by atoms with van der Waals surface area (Å²) in [6.07, 6.45) is 3.32. The predicted molar refractivity (Wildman–Crippen MR) is 85.3 cm³/mol. The molecule has 0 amide bonds. The Hall–Kier alpha value is -1.11. The average molecular weight is 354 g/mol. The monoisotopic (exact) mass is 353 g/mol. The smallest absolute Gasteiger partial charge is 0.237 e. The molecule has 6 heteroatoms. The van der Waals surface area contributed by atoms with Crippen molar-refractivity contribution in [1.82, 2.24) is 15.3 Å². The molecule has 1 aromatic heterocycles. The lowest BCUT2D eigenvalue weighted by Crippen LogP contribution is -2.21. The summed E-state index contributed by atoms with van der Waals surface area (Å²) in [4.78, 5) is 9.78. The normalized spacial score (nSPS) is 12.2. The van der Waals surface area contributed by atoms with Gasteiger partial charge in [-0.05, 0) is 25.2 Å². The van der Waals surface area contributed by atoms with Crippen molar-refractivity contribution in [3.8, 4) is 5.88 Å². The van der Waals surface area contributed by atoms with Gasteiger partial charge in [0.2, 0.25) is 5.88 Å². The van der Waals surface area contributed by atoms with E-state index in [9.17, 15) is 0 Å². The van der Waals surface area contributed by atoms with Gasteiger partial charge in [-0.3, -0.25) is 4.98 Å². The number of thioether (sulfide) groups is 1. The molecule has 0 spiro atoms. The predicted octanol–water partition coefficient (Wildman–Crippen LogP) is 3.30. The molecule has 0 fully saturated rings. The second-order valence-electron chi connectivity index (χ2n) is 4.06. The summed E-state index contributed by atoms with van der Waals surface area (Å²) in [6.45, 7) is 0. The molecule has 2 aromatic rings. The molecule has 1 unspecified atom stereocenters. The molecule has 1 heterocycles. The maximum Gasteiger partial charge on any atom is 0.237 e. The summed E-state index contributed by atoms with van der Waals surface area (Å²) >= 11 is 5.25.